The van der Waals surface area contributed by atoms with Gasteiger partial charge in [0.05, 0.1) is 29.3 Å². The minimum Gasteiger partial charge on any atom is -0.495 e. The normalized spacial score (nSPS) is 18.6. The fraction of sp³-hybridized carbons (Fsp3) is 0.316. The number of hydrogen-bond donors (Lipinski definition) is 1. The van der Waals surface area contributed by atoms with Crippen molar-refractivity contribution in [1.82, 2.24) is 0 Å². The first kappa shape index (κ1) is 16.9. The molecule has 2 aliphatic heterocycles. The van der Waals surface area contributed by atoms with Gasteiger partial charge < -0.3 is 9.64 Å². The maximum Gasteiger partial charge on any atom is 0.262 e. The Morgan fingerprint density at radius 1 is 1.23 bits per heavy atom. The van der Waals surface area contributed by atoms with Gasteiger partial charge in [0.2, 0.25) is 5.91 Å². The van der Waals surface area contributed by atoms with Crippen molar-refractivity contribution in [2.45, 2.75) is 30.6 Å². The molecule has 2 aromatic carbocycles. The Hall–Kier alpha value is -2.54. The molecule has 2 heterocycles. The van der Waals surface area contributed by atoms with Gasteiger partial charge in [0.15, 0.2) is 0 Å². The zero-order valence-corrected chi connectivity index (χ0v) is 15.5. The highest BCUT2D eigenvalue weighted by atomic mass is 32.2. The molecule has 2 aliphatic rings. The maximum absolute atomic E-state index is 13.0. The molecule has 7 heteroatoms. The van der Waals surface area contributed by atoms with Gasteiger partial charge in [-0.2, -0.15) is 0 Å². The molecule has 0 bridgehead atoms. The molecule has 0 radical (unpaired) electrons. The number of benzene rings is 2. The maximum atomic E-state index is 13.0. The van der Waals surface area contributed by atoms with E-state index in [9.17, 15) is 13.2 Å². The van der Waals surface area contributed by atoms with Gasteiger partial charge in [-0.25, -0.2) is 8.42 Å². The van der Waals surface area contributed by atoms with Crippen molar-refractivity contribution in [3.63, 3.8) is 0 Å². The van der Waals surface area contributed by atoms with Crippen LogP contribution >= 0.6 is 0 Å². The average Bonchev–Trinajstić information content (AvgIpc) is 2.88. The highest BCUT2D eigenvalue weighted by molar-refractivity contribution is 7.92. The van der Waals surface area contributed by atoms with Gasteiger partial charge in [0, 0.05) is 6.54 Å². The molecule has 0 saturated heterocycles. The van der Waals surface area contributed by atoms with Crippen molar-refractivity contribution in [2.75, 3.05) is 23.3 Å². The first-order valence-corrected chi connectivity index (χ1v) is 10.0. The van der Waals surface area contributed by atoms with Gasteiger partial charge in [-0.3, -0.25) is 9.52 Å². The van der Waals surface area contributed by atoms with Crippen molar-refractivity contribution in [1.29, 1.82) is 0 Å². The van der Waals surface area contributed by atoms with E-state index in [-0.39, 0.29) is 16.7 Å². The number of aryl methyl sites for hydroxylation is 1. The largest absolute Gasteiger partial charge is 0.495 e. The van der Waals surface area contributed by atoms with E-state index in [0.717, 1.165) is 29.7 Å². The van der Waals surface area contributed by atoms with Gasteiger partial charge in [0.25, 0.3) is 10.0 Å². The van der Waals surface area contributed by atoms with Crippen molar-refractivity contribution in [2.24, 2.45) is 0 Å². The van der Waals surface area contributed by atoms with E-state index in [2.05, 4.69) is 4.72 Å². The molecule has 0 spiro atoms. The molecule has 4 rings (SSSR count). The molecular formula is C19H20N2O4S. The van der Waals surface area contributed by atoms with Gasteiger partial charge in [-0.05, 0) is 55.2 Å². The van der Waals surface area contributed by atoms with Crippen molar-refractivity contribution in [3.05, 3.63) is 47.5 Å². The van der Waals surface area contributed by atoms with Crippen LogP contribution in [0.5, 0.6) is 5.75 Å². The molecular weight excluding hydrogens is 352 g/mol. The molecule has 1 N–H and O–H groups in total. The number of hydrogen-bond acceptors (Lipinski definition) is 4. The molecule has 1 atom stereocenters. The van der Waals surface area contributed by atoms with E-state index in [0.29, 0.717) is 18.0 Å². The smallest absolute Gasteiger partial charge is 0.262 e. The van der Waals surface area contributed by atoms with Gasteiger partial charge in [-0.1, -0.05) is 12.1 Å². The standard InChI is InChI=1S/C19H20N2O4S/c1-12-15-11-14(10-13-6-5-9-21(18(13)15)19(12)22)26(23,24)20-16-7-3-4-8-17(16)25-2/h3-4,7-8,10-12,20H,5-6,9H2,1-2H3. The van der Waals surface area contributed by atoms with Crippen molar-refractivity contribution < 1.29 is 17.9 Å². The Morgan fingerprint density at radius 3 is 2.77 bits per heavy atom. The number of para-hydroxylation sites is 2. The summed E-state index contributed by atoms with van der Waals surface area (Å²) in [5, 5.41) is 0. The number of ether oxygens (including phenoxy) is 1. The van der Waals surface area contributed by atoms with E-state index >= 15 is 0 Å². The van der Waals surface area contributed by atoms with Crippen molar-refractivity contribution >= 4 is 27.3 Å². The van der Waals surface area contributed by atoms with Crippen LogP contribution in [0.15, 0.2) is 41.3 Å². The highest BCUT2D eigenvalue weighted by Crippen LogP contribution is 2.44. The molecule has 2 aromatic rings. The van der Waals surface area contributed by atoms with Crippen LogP contribution < -0.4 is 14.4 Å². The van der Waals surface area contributed by atoms with E-state index in [1.54, 1.807) is 41.3 Å². The lowest BCUT2D eigenvalue weighted by Gasteiger charge is -2.26. The lowest BCUT2D eigenvalue weighted by Crippen LogP contribution is -2.32. The summed E-state index contributed by atoms with van der Waals surface area (Å²) in [4.78, 5) is 14.4. The second-order valence-corrected chi connectivity index (χ2v) is 8.32. The number of nitrogens with one attached hydrogen (secondary N) is 1. The van der Waals surface area contributed by atoms with E-state index in [4.69, 9.17) is 4.74 Å². The molecule has 1 unspecified atom stereocenters. The lowest BCUT2D eigenvalue weighted by molar-refractivity contribution is -0.119. The summed E-state index contributed by atoms with van der Waals surface area (Å²) in [5.74, 6) is 0.185. The number of anilines is 2. The zero-order chi connectivity index (χ0) is 18.5. The quantitative estimate of drug-likeness (QED) is 0.895. The predicted molar refractivity (Wildman–Crippen MR) is 99.3 cm³/mol. The SMILES string of the molecule is COc1ccccc1NS(=O)(=O)c1cc2c3c(c1)C(C)C(=O)N3CCC2. The van der Waals surface area contributed by atoms with Crippen LogP contribution in [0.1, 0.15) is 30.4 Å². The highest BCUT2D eigenvalue weighted by Gasteiger charge is 2.38. The summed E-state index contributed by atoms with van der Waals surface area (Å²) in [6.45, 7) is 2.54. The number of methoxy groups -OCH3 is 1. The van der Waals surface area contributed by atoms with Crippen molar-refractivity contribution in [3.8, 4) is 5.75 Å². The summed E-state index contributed by atoms with van der Waals surface area (Å²) in [7, 11) is -2.30. The van der Waals surface area contributed by atoms with E-state index in [1.807, 2.05) is 6.92 Å². The fourth-order valence-electron chi connectivity index (χ4n) is 3.75. The lowest BCUT2D eigenvalue weighted by atomic mass is 9.97. The van der Waals surface area contributed by atoms with Gasteiger partial charge in [0.1, 0.15) is 5.75 Å². The van der Waals surface area contributed by atoms with Crippen LogP contribution in [-0.2, 0) is 21.2 Å². The fourth-order valence-corrected chi connectivity index (χ4v) is 4.91. The molecule has 0 fully saturated rings. The summed E-state index contributed by atoms with van der Waals surface area (Å²) >= 11 is 0. The average molecular weight is 372 g/mol. The molecule has 26 heavy (non-hydrogen) atoms. The van der Waals surface area contributed by atoms with Crippen LogP contribution in [0.2, 0.25) is 0 Å². The first-order chi connectivity index (χ1) is 12.4. The first-order valence-electron chi connectivity index (χ1n) is 8.56. The van der Waals surface area contributed by atoms with E-state index < -0.39 is 10.0 Å². The number of nitrogens with zero attached hydrogens (tertiary/aromatic N) is 1. The molecule has 6 nitrogen and oxygen atoms in total. The van der Waals surface area contributed by atoms with Crippen LogP contribution in [0.25, 0.3) is 0 Å². The topological polar surface area (TPSA) is 75.7 Å². The Balaban J connectivity index is 1.78. The predicted octanol–water partition coefficient (Wildman–Crippen LogP) is 2.89. The molecule has 0 saturated carbocycles. The molecule has 136 valence electrons. The summed E-state index contributed by atoms with van der Waals surface area (Å²) < 4.78 is 33.7. The summed E-state index contributed by atoms with van der Waals surface area (Å²) in [6.07, 6.45) is 1.62. The number of carbonyl (C=O) groups is 1. The number of sulfonamides is 1. The Kier molecular flexibility index (Phi) is 3.91. The molecule has 1 amide bonds. The number of rotatable bonds is 4. The Bertz CT molecular complexity index is 1000. The third-order valence-electron chi connectivity index (χ3n) is 5.05. The van der Waals surface area contributed by atoms with Crippen LogP contribution in [0.3, 0.4) is 0 Å². The number of amides is 1. The number of carbonyl (C=O) groups excluding carboxylic acids is 1. The third kappa shape index (κ3) is 2.54. The monoisotopic (exact) mass is 372 g/mol. The third-order valence-corrected chi connectivity index (χ3v) is 6.40. The summed E-state index contributed by atoms with van der Waals surface area (Å²) in [5.41, 5.74) is 3.01. The second kappa shape index (κ2) is 6.02. The minimum atomic E-state index is -3.79. The van der Waals surface area contributed by atoms with Gasteiger partial charge >= 0.3 is 0 Å². The minimum absolute atomic E-state index is 0.0492. The Labute approximate surface area is 152 Å². The Morgan fingerprint density at radius 2 is 2.00 bits per heavy atom. The van der Waals surface area contributed by atoms with E-state index in [1.165, 1.54) is 7.11 Å². The van der Waals surface area contributed by atoms with Crippen LogP contribution in [0.4, 0.5) is 11.4 Å². The summed E-state index contributed by atoms with van der Waals surface area (Å²) in [6, 6.07) is 10.2. The second-order valence-electron chi connectivity index (χ2n) is 6.64. The zero-order valence-electron chi connectivity index (χ0n) is 14.7. The van der Waals surface area contributed by atoms with Gasteiger partial charge in [-0.15, -0.1) is 0 Å². The molecule has 0 aromatic heterocycles. The molecule has 0 aliphatic carbocycles. The van der Waals surface area contributed by atoms with Crippen LogP contribution in [-0.4, -0.2) is 28.0 Å². The van der Waals surface area contributed by atoms with Crippen LogP contribution in [0, 0.1) is 0 Å².